The van der Waals surface area contributed by atoms with Crippen LogP contribution in [0.4, 0.5) is 5.82 Å². The molecule has 0 saturated carbocycles. The minimum atomic E-state index is 0.526. The predicted molar refractivity (Wildman–Crippen MR) is 66.9 cm³/mol. The van der Waals surface area contributed by atoms with Crippen molar-refractivity contribution >= 4 is 23.3 Å². The highest BCUT2D eigenvalue weighted by molar-refractivity contribution is 6.30. The van der Waals surface area contributed by atoms with Crippen molar-refractivity contribution in [2.24, 2.45) is 4.99 Å². The van der Waals surface area contributed by atoms with E-state index in [-0.39, 0.29) is 0 Å². The van der Waals surface area contributed by atoms with E-state index in [9.17, 15) is 0 Å². The summed E-state index contributed by atoms with van der Waals surface area (Å²) >= 11 is 6.03. The average Bonchev–Trinajstić information content (AvgIpc) is 2.59. The minimum Gasteiger partial charge on any atom is -0.356 e. The number of amidine groups is 1. The summed E-state index contributed by atoms with van der Waals surface area (Å²) in [6.07, 6.45) is 2.22. The highest BCUT2D eigenvalue weighted by atomic mass is 35.5. The van der Waals surface area contributed by atoms with Crippen molar-refractivity contribution in [1.29, 1.82) is 0 Å². The van der Waals surface area contributed by atoms with E-state index in [0.29, 0.717) is 11.2 Å². The molecule has 1 aromatic rings. The van der Waals surface area contributed by atoms with Gasteiger partial charge >= 0.3 is 0 Å². The third-order valence-corrected chi connectivity index (χ3v) is 3.72. The fraction of sp³-hybridized carbons (Fsp3) is 0.545. The zero-order chi connectivity index (χ0) is 12.0. The Labute approximate surface area is 105 Å². The number of likely N-dealkylation sites (N-methyl/N-ethyl adjacent to an activating group) is 1. The van der Waals surface area contributed by atoms with Gasteiger partial charge in [0.15, 0.2) is 5.82 Å². The standard InChI is InChI=1S/C11H14ClN5/c1-16(2)7-4-17(5-7)9-3-8-10(12)13-6-14-11(8)15-9/h6-7H,3-5H2,1-2H3. The van der Waals surface area contributed by atoms with Crippen molar-refractivity contribution in [3.63, 3.8) is 0 Å². The zero-order valence-corrected chi connectivity index (χ0v) is 10.6. The van der Waals surface area contributed by atoms with Crippen LogP contribution in [0.5, 0.6) is 0 Å². The van der Waals surface area contributed by atoms with Gasteiger partial charge in [0.05, 0.1) is 0 Å². The molecule has 0 N–H and O–H groups in total. The Bertz CT molecular complexity index is 479. The first-order valence-corrected chi connectivity index (χ1v) is 6.01. The van der Waals surface area contributed by atoms with E-state index in [1.165, 1.54) is 6.33 Å². The van der Waals surface area contributed by atoms with Crippen molar-refractivity contribution in [2.45, 2.75) is 12.5 Å². The molecule has 0 spiro atoms. The summed E-state index contributed by atoms with van der Waals surface area (Å²) in [5, 5.41) is 0.526. The first-order chi connectivity index (χ1) is 8.15. The van der Waals surface area contributed by atoms with Crippen LogP contribution >= 0.6 is 11.6 Å². The van der Waals surface area contributed by atoms with Crippen LogP contribution in [0.2, 0.25) is 5.15 Å². The Hall–Kier alpha value is -1.20. The quantitative estimate of drug-likeness (QED) is 0.698. The topological polar surface area (TPSA) is 44.6 Å². The summed E-state index contributed by atoms with van der Waals surface area (Å²) in [4.78, 5) is 17.2. The lowest BCUT2D eigenvalue weighted by molar-refractivity contribution is 0.123. The molecular formula is C11H14ClN5. The second-order valence-corrected chi connectivity index (χ2v) is 5.05. The molecule has 3 rings (SSSR count). The van der Waals surface area contributed by atoms with E-state index in [0.717, 1.165) is 36.7 Å². The van der Waals surface area contributed by atoms with Gasteiger partial charge in [-0.25, -0.2) is 15.0 Å². The van der Waals surface area contributed by atoms with E-state index < -0.39 is 0 Å². The molecule has 2 aliphatic heterocycles. The van der Waals surface area contributed by atoms with Crippen molar-refractivity contribution < 1.29 is 0 Å². The largest absolute Gasteiger partial charge is 0.356 e. The number of rotatable bonds is 1. The van der Waals surface area contributed by atoms with Crippen LogP contribution in [0.1, 0.15) is 5.56 Å². The van der Waals surface area contributed by atoms with Gasteiger partial charge in [-0.3, -0.25) is 0 Å². The van der Waals surface area contributed by atoms with Crippen LogP contribution in [0.15, 0.2) is 11.3 Å². The Morgan fingerprint density at radius 3 is 2.76 bits per heavy atom. The summed E-state index contributed by atoms with van der Waals surface area (Å²) < 4.78 is 0. The molecule has 0 aliphatic carbocycles. The number of fused-ring (bicyclic) bond motifs is 1. The number of aromatic nitrogens is 2. The predicted octanol–water partition coefficient (Wildman–Crippen LogP) is 0.962. The summed E-state index contributed by atoms with van der Waals surface area (Å²) in [6.45, 7) is 2.07. The first-order valence-electron chi connectivity index (χ1n) is 5.63. The van der Waals surface area contributed by atoms with E-state index >= 15 is 0 Å². The van der Waals surface area contributed by atoms with Crippen LogP contribution in [0.25, 0.3) is 0 Å². The maximum absolute atomic E-state index is 6.03. The molecule has 1 fully saturated rings. The van der Waals surface area contributed by atoms with E-state index in [2.05, 4.69) is 38.9 Å². The van der Waals surface area contributed by atoms with Gasteiger partial charge in [0.1, 0.15) is 17.3 Å². The molecule has 1 aromatic heterocycles. The number of nitrogens with zero attached hydrogens (tertiary/aromatic N) is 5. The van der Waals surface area contributed by atoms with Crippen LogP contribution in [-0.4, -0.2) is 58.8 Å². The Morgan fingerprint density at radius 2 is 2.12 bits per heavy atom. The molecule has 1 saturated heterocycles. The zero-order valence-electron chi connectivity index (χ0n) is 9.89. The van der Waals surface area contributed by atoms with Gasteiger partial charge in [-0.15, -0.1) is 0 Å². The van der Waals surface area contributed by atoms with Crippen molar-refractivity contribution in [3.05, 3.63) is 17.0 Å². The fourth-order valence-electron chi connectivity index (χ4n) is 2.13. The third kappa shape index (κ3) is 1.79. The highest BCUT2D eigenvalue weighted by Gasteiger charge is 2.33. The smallest absolute Gasteiger partial charge is 0.162 e. The van der Waals surface area contributed by atoms with Crippen LogP contribution in [0, 0.1) is 0 Å². The number of hydrogen-bond acceptors (Lipinski definition) is 5. The maximum atomic E-state index is 6.03. The molecule has 0 aromatic carbocycles. The maximum Gasteiger partial charge on any atom is 0.162 e. The van der Waals surface area contributed by atoms with Gasteiger partial charge < -0.3 is 9.80 Å². The minimum absolute atomic E-state index is 0.526. The second-order valence-electron chi connectivity index (χ2n) is 4.69. The second kappa shape index (κ2) is 3.92. The van der Waals surface area contributed by atoms with Crippen LogP contribution < -0.4 is 0 Å². The summed E-state index contributed by atoms with van der Waals surface area (Å²) in [5.41, 5.74) is 0.956. The highest BCUT2D eigenvalue weighted by Crippen LogP contribution is 2.31. The summed E-state index contributed by atoms with van der Waals surface area (Å²) in [7, 11) is 4.21. The Kier molecular flexibility index (Phi) is 2.52. The Balaban J connectivity index is 1.72. The van der Waals surface area contributed by atoms with Gasteiger partial charge in [0.2, 0.25) is 0 Å². The van der Waals surface area contributed by atoms with Gasteiger partial charge in [0.25, 0.3) is 0 Å². The lowest BCUT2D eigenvalue weighted by Crippen LogP contribution is -2.59. The molecule has 2 aliphatic rings. The van der Waals surface area contributed by atoms with Crippen LogP contribution in [-0.2, 0) is 6.42 Å². The summed E-state index contributed by atoms with van der Waals surface area (Å²) in [6, 6.07) is 0.628. The number of likely N-dealkylation sites (tertiary alicyclic amines) is 1. The van der Waals surface area contributed by atoms with Crippen molar-refractivity contribution in [1.82, 2.24) is 19.8 Å². The number of hydrogen-bond donors (Lipinski definition) is 0. The van der Waals surface area contributed by atoms with Gasteiger partial charge in [0, 0.05) is 31.1 Å². The molecule has 0 amide bonds. The fourth-order valence-corrected chi connectivity index (χ4v) is 2.32. The molecule has 0 unspecified atom stereocenters. The van der Waals surface area contributed by atoms with Crippen molar-refractivity contribution in [2.75, 3.05) is 27.2 Å². The lowest BCUT2D eigenvalue weighted by Gasteiger charge is -2.44. The van der Waals surface area contributed by atoms with E-state index in [1.54, 1.807) is 0 Å². The molecule has 0 atom stereocenters. The van der Waals surface area contributed by atoms with Gasteiger partial charge in [-0.2, -0.15) is 0 Å². The van der Waals surface area contributed by atoms with Gasteiger partial charge in [-0.05, 0) is 14.1 Å². The SMILES string of the molecule is CN(C)C1CN(C2=Nc3ncnc(Cl)c3C2)C1. The monoisotopic (exact) mass is 251 g/mol. The molecule has 0 radical (unpaired) electrons. The Morgan fingerprint density at radius 1 is 1.35 bits per heavy atom. The number of aliphatic imine (C=N–C) groups is 1. The van der Waals surface area contributed by atoms with E-state index in [1.807, 2.05) is 0 Å². The first kappa shape index (κ1) is 10.9. The molecule has 0 bridgehead atoms. The molecule has 5 nitrogen and oxygen atoms in total. The molecular weight excluding hydrogens is 238 g/mol. The third-order valence-electron chi connectivity index (χ3n) is 3.40. The van der Waals surface area contributed by atoms with Crippen molar-refractivity contribution in [3.8, 4) is 0 Å². The van der Waals surface area contributed by atoms with Gasteiger partial charge in [-0.1, -0.05) is 11.6 Å². The average molecular weight is 252 g/mol. The summed E-state index contributed by atoms with van der Waals surface area (Å²) in [5.74, 6) is 1.80. The molecule has 90 valence electrons. The normalized spacial score (nSPS) is 19.3. The lowest BCUT2D eigenvalue weighted by atomic mass is 10.1. The molecule has 17 heavy (non-hydrogen) atoms. The van der Waals surface area contributed by atoms with E-state index in [4.69, 9.17) is 11.6 Å². The molecule has 6 heteroatoms. The number of halogens is 1. The molecule has 3 heterocycles. The van der Waals surface area contributed by atoms with Crippen LogP contribution in [0.3, 0.4) is 0 Å².